The fourth-order valence-electron chi connectivity index (χ4n) is 5.15. The summed E-state index contributed by atoms with van der Waals surface area (Å²) in [6.07, 6.45) is 3.47. The van der Waals surface area contributed by atoms with E-state index in [1.807, 2.05) is 30.3 Å². The molecule has 194 valence electrons. The monoisotopic (exact) mass is 520 g/mol. The summed E-state index contributed by atoms with van der Waals surface area (Å²) in [7, 11) is 1.52. The first-order chi connectivity index (χ1) is 18.9. The molecule has 4 N–H and O–H groups in total. The maximum absolute atomic E-state index is 14.3. The number of aryl methyl sites for hydroxylation is 1. The highest BCUT2D eigenvalue weighted by molar-refractivity contribution is 6.00. The smallest absolute Gasteiger partial charge is 0.138 e. The normalized spacial score (nSPS) is 13.8. The van der Waals surface area contributed by atoms with Crippen LogP contribution in [-0.4, -0.2) is 56.4 Å². The summed E-state index contributed by atoms with van der Waals surface area (Å²) in [5.74, 6) is 0.992. The predicted molar refractivity (Wildman–Crippen MR) is 149 cm³/mol. The van der Waals surface area contributed by atoms with Gasteiger partial charge in [0.1, 0.15) is 28.7 Å². The van der Waals surface area contributed by atoms with Crippen LogP contribution in [-0.2, 0) is 0 Å². The lowest BCUT2D eigenvalue weighted by atomic mass is 10.0. The van der Waals surface area contributed by atoms with E-state index in [1.54, 1.807) is 12.4 Å². The van der Waals surface area contributed by atoms with Gasteiger partial charge in [0.2, 0.25) is 0 Å². The summed E-state index contributed by atoms with van der Waals surface area (Å²) in [6.45, 7) is 3.65. The molecular weight excluding hydrogens is 495 g/mol. The Morgan fingerprint density at radius 3 is 2.72 bits per heavy atom. The van der Waals surface area contributed by atoms with Crippen LogP contribution in [0.2, 0.25) is 0 Å². The second-order valence-corrected chi connectivity index (χ2v) is 9.92. The first-order valence-corrected chi connectivity index (χ1v) is 12.6. The highest BCUT2D eigenvalue weighted by Crippen LogP contribution is 2.35. The number of fused-ring (bicyclic) bond motifs is 2. The molecule has 0 aliphatic carbocycles. The van der Waals surface area contributed by atoms with E-state index in [-0.39, 0.29) is 11.9 Å². The zero-order chi connectivity index (χ0) is 26.7. The summed E-state index contributed by atoms with van der Waals surface area (Å²) in [4.78, 5) is 19.6. The van der Waals surface area contributed by atoms with Crippen molar-refractivity contribution >= 4 is 27.8 Å². The Morgan fingerprint density at radius 1 is 1.03 bits per heavy atom. The zero-order valence-corrected chi connectivity index (χ0v) is 21.4. The van der Waals surface area contributed by atoms with Crippen molar-refractivity contribution in [2.75, 3.05) is 25.1 Å². The lowest BCUT2D eigenvalue weighted by Gasteiger charge is -2.38. The van der Waals surface area contributed by atoms with Crippen molar-refractivity contribution in [1.82, 2.24) is 30.1 Å². The number of methoxy groups -OCH3 is 1. The second-order valence-electron chi connectivity index (χ2n) is 9.92. The van der Waals surface area contributed by atoms with E-state index in [4.69, 9.17) is 15.5 Å². The number of nitrogens with zero attached hydrogens (tertiary/aromatic N) is 5. The highest BCUT2D eigenvalue weighted by atomic mass is 19.1. The summed E-state index contributed by atoms with van der Waals surface area (Å²) in [5.41, 5.74) is 13.2. The molecule has 39 heavy (non-hydrogen) atoms. The van der Waals surface area contributed by atoms with Crippen molar-refractivity contribution in [3.8, 4) is 39.7 Å². The van der Waals surface area contributed by atoms with E-state index in [1.165, 1.54) is 19.2 Å². The van der Waals surface area contributed by atoms with Crippen LogP contribution in [0.4, 0.5) is 10.2 Å². The van der Waals surface area contributed by atoms with Gasteiger partial charge in [-0.05, 0) is 66.1 Å². The van der Waals surface area contributed by atoms with Gasteiger partial charge in [0, 0.05) is 42.2 Å². The van der Waals surface area contributed by atoms with Crippen molar-refractivity contribution in [3.63, 3.8) is 0 Å². The van der Waals surface area contributed by atoms with Crippen LogP contribution in [0.1, 0.15) is 5.56 Å². The Labute approximate surface area is 222 Å². The predicted octanol–water partition coefficient (Wildman–Crippen LogP) is 4.83. The van der Waals surface area contributed by atoms with Crippen molar-refractivity contribution in [2.24, 2.45) is 5.73 Å². The molecule has 1 fully saturated rings. The Balaban J connectivity index is 1.31. The van der Waals surface area contributed by atoms with Gasteiger partial charge < -0.3 is 20.4 Å². The molecule has 1 aromatic carbocycles. The summed E-state index contributed by atoms with van der Waals surface area (Å²) in [6, 6.07) is 14.8. The molecule has 6 heterocycles. The molecule has 1 saturated heterocycles. The topological polar surface area (TPSA) is 122 Å². The number of aromatic amines is 2. The summed E-state index contributed by atoms with van der Waals surface area (Å²) >= 11 is 0. The maximum Gasteiger partial charge on any atom is 0.138 e. The average molecular weight is 521 g/mol. The maximum atomic E-state index is 14.3. The Bertz CT molecular complexity index is 1870. The van der Waals surface area contributed by atoms with E-state index in [0.29, 0.717) is 17.0 Å². The SMILES string of the molecule is COc1cc(F)cc(-c2ccnc3[nH]c(-c4n[nH]c5cnc(-c6cc(C)cc(N7CC(N)C7)n6)cc45)cc23)c1. The van der Waals surface area contributed by atoms with Gasteiger partial charge in [-0.3, -0.25) is 10.1 Å². The van der Waals surface area contributed by atoms with Crippen LogP contribution >= 0.6 is 0 Å². The van der Waals surface area contributed by atoms with Crippen LogP contribution in [0.25, 0.3) is 55.8 Å². The summed E-state index contributed by atoms with van der Waals surface area (Å²) < 4.78 is 19.6. The van der Waals surface area contributed by atoms with Gasteiger partial charge >= 0.3 is 0 Å². The van der Waals surface area contributed by atoms with Crippen molar-refractivity contribution in [2.45, 2.75) is 13.0 Å². The number of hydrogen-bond acceptors (Lipinski definition) is 7. The number of ether oxygens (including phenoxy) is 1. The minimum atomic E-state index is -0.367. The standard InChI is InChI=1S/C29H25FN8O/c1-15-5-24(34-27(6-15)38-13-18(31)14-38)23-11-22-26(12-33-23)36-37-28(22)25-10-21-20(3-4-32-29(21)35-25)16-7-17(30)9-19(8-16)39-2/h3-12,18H,13-14,31H2,1-2H3,(H,32,35)(H,36,37). The number of benzene rings is 1. The number of H-pyrrole nitrogens is 2. The molecule has 0 radical (unpaired) electrons. The Morgan fingerprint density at radius 2 is 1.90 bits per heavy atom. The number of hydrogen-bond donors (Lipinski definition) is 3. The molecule has 1 aliphatic rings. The number of anilines is 1. The second kappa shape index (κ2) is 8.88. The van der Waals surface area contributed by atoms with Gasteiger partial charge in [-0.25, -0.2) is 14.4 Å². The number of aromatic nitrogens is 6. The van der Waals surface area contributed by atoms with Crippen molar-refractivity contribution < 1.29 is 9.13 Å². The fraction of sp³-hybridized carbons (Fsp3) is 0.172. The van der Waals surface area contributed by atoms with Crippen molar-refractivity contribution in [3.05, 3.63) is 72.3 Å². The zero-order valence-electron chi connectivity index (χ0n) is 21.4. The Kier molecular flexibility index (Phi) is 5.31. The third-order valence-corrected chi connectivity index (χ3v) is 7.10. The highest BCUT2D eigenvalue weighted by Gasteiger charge is 2.25. The molecule has 7 rings (SSSR count). The molecule has 5 aromatic heterocycles. The van der Waals surface area contributed by atoms with Crippen LogP contribution in [0.15, 0.2) is 60.9 Å². The molecule has 9 nitrogen and oxygen atoms in total. The molecule has 0 atom stereocenters. The first-order valence-electron chi connectivity index (χ1n) is 12.6. The van der Waals surface area contributed by atoms with Gasteiger partial charge in [-0.15, -0.1) is 0 Å². The van der Waals surface area contributed by atoms with E-state index in [0.717, 1.165) is 69.1 Å². The van der Waals surface area contributed by atoms with E-state index in [9.17, 15) is 4.39 Å². The molecule has 0 saturated carbocycles. The molecule has 1 aliphatic heterocycles. The van der Waals surface area contributed by atoms with Gasteiger partial charge in [-0.1, -0.05) is 0 Å². The number of nitrogens with one attached hydrogen (secondary N) is 2. The summed E-state index contributed by atoms with van der Waals surface area (Å²) in [5, 5.41) is 9.42. The number of pyridine rings is 3. The lowest BCUT2D eigenvalue weighted by Crippen LogP contribution is -2.56. The van der Waals surface area contributed by atoms with Gasteiger partial charge in [0.05, 0.1) is 35.9 Å². The fourth-order valence-corrected chi connectivity index (χ4v) is 5.15. The molecule has 10 heteroatoms. The largest absolute Gasteiger partial charge is 0.497 e. The van der Waals surface area contributed by atoms with Crippen LogP contribution in [0.3, 0.4) is 0 Å². The average Bonchev–Trinajstić information content (AvgIpc) is 3.54. The van der Waals surface area contributed by atoms with Gasteiger partial charge in [0.25, 0.3) is 0 Å². The Hall–Kier alpha value is -4.83. The van der Waals surface area contributed by atoms with Crippen LogP contribution in [0, 0.1) is 12.7 Å². The number of rotatable bonds is 5. The minimum absolute atomic E-state index is 0.188. The number of halogens is 1. The third kappa shape index (κ3) is 4.05. The van der Waals surface area contributed by atoms with E-state index < -0.39 is 0 Å². The molecule has 0 bridgehead atoms. The first kappa shape index (κ1) is 23.3. The van der Waals surface area contributed by atoms with Crippen LogP contribution in [0.5, 0.6) is 5.75 Å². The minimum Gasteiger partial charge on any atom is -0.497 e. The van der Waals surface area contributed by atoms with E-state index in [2.05, 4.69) is 43.0 Å². The lowest BCUT2D eigenvalue weighted by molar-refractivity contribution is 0.411. The van der Waals surface area contributed by atoms with Crippen molar-refractivity contribution in [1.29, 1.82) is 0 Å². The third-order valence-electron chi connectivity index (χ3n) is 7.10. The molecule has 6 aromatic rings. The molecule has 0 amide bonds. The van der Waals surface area contributed by atoms with E-state index >= 15 is 0 Å². The number of nitrogens with two attached hydrogens (primary N) is 1. The van der Waals surface area contributed by atoms with Gasteiger partial charge in [0.15, 0.2) is 0 Å². The molecule has 0 spiro atoms. The quantitative estimate of drug-likeness (QED) is 0.298. The molecule has 0 unspecified atom stereocenters. The van der Waals surface area contributed by atoms with Crippen LogP contribution < -0.4 is 15.4 Å². The van der Waals surface area contributed by atoms with Gasteiger partial charge in [-0.2, -0.15) is 5.10 Å². The molecular formula is C29H25FN8O.